The Morgan fingerprint density at radius 2 is 1.60 bits per heavy atom. The van der Waals surface area contributed by atoms with Gasteiger partial charge in [0.15, 0.2) is 5.82 Å². The number of hydrogen-bond acceptors (Lipinski definition) is 5. The summed E-state index contributed by atoms with van der Waals surface area (Å²) in [6.07, 6.45) is 1.70. The monoisotopic (exact) mass is 354 g/mol. The number of anilines is 3. The third kappa shape index (κ3) is 4.54. The van der Waals surface area contributed by atoms with Crippen LogP contribution in [0.4, 0.5) is 17.2 Å². The van der Waals surface area contributed by atoms with Crippen molar-refractivity contribution in [3.05, 3.63) is 66.9 Å². The summed E-state index contributed by atoms with van der Waals surface area (Å²) in [4.78, 5) is 8.79. The Bertz CT molecular complexity index is 942. The van der Waals surface area contributed by atoms with Gasteiger partial charge in [-0.25, -0.2) is 18.4 Å². The number of nitrogens with zero attached hydrogens (tertiary/aromatic N) is 2. The zero-order chi connectivity index (χ0) is 17.7. The first-order valence-electron chi connectivity index (χ1n) is 7.82. The second kappa shape index (κ2) is 7.31. The lowest BCUT2D eigenvalue weighted by Crippen LogP contribution is -2.14. The molecular formula is C18H18N4O2S. The van der Waals surface area contributed by atoms with Crippen LogP contribution in [0.3, 0.4) is 0 Å². The van der Waals surface area contributed by atoms with E-state index in [4.69, 9.17) is 0 Å². The number of hydrogen-bond donors (Lipinski definition) is 2. The van der Waals surface area contributed by atoms with Gasteiger partial charge >= 0.3 is 0 Å². The summed E-state index contributed by atoms with van der Waals surface area (Å²) in [5.74, 6) is 1.34. The van der Waals surface area contributed by atoms with E-state index in [0.29, 0.717) is 17.3 Å². The molecule has 0 aliphatic heterocycles. The zero-order valence-corrected chi connectivity index (χ0v) is 14.5. The molecule has 0 spiro atoms. The first-order valence-corrected chi connectivity index (χ1v) is 9.47. The van der Waals surface area contributed by atoms with E-state index in [2.05, 4.69) is 20.0 Å². The summed E-state index contributed by atoms with van der Waals surface area (Å²) in [7, 11) is -3.27. The molecule has 2 aromatic carbocycles. The van der Waals surface area contributed by atoms with Crippen LogP contribution in [-0.2, 0) is 10.0 Å². The maximum Gasteiger partial charge on any atom is 0.232 e. The van der Waals surface area contributed by atoms with Crippen LogP contribution in [0.5, 0.6) is 0 Å². The van der Waals surface area contributed by atoms with Gasteiger partial charge in [-0.3, -0.25) is 4.72 Å². The van der Waals surface area contributed by atoms with Crippen LogP contribution in [-0.4, -0.2) is 24.1 Å². The number of aromatic nitrogens is 2. The largest absolute Gasteiger partial charge is 0.340 e. The first kappa shape index (κ1) is 16.9. The highest BCUT2D eigenvalue weighted by Gasteiger charge is 2.07. The van der Waals surface area contributed by atoms with Crippen molar-refractivity contribution in [2.75, 3.05) is 15.8 Å². The molecule has 0 atom stereocenters. The van der Waals surface area contributed by atoms with Crippen LogP contribution < -0.4 is 10.0 Å². The van der Waals surface area contributed by atoms with Gasteiger partial charge in [-0.05, 0) is 37.3 Å². The Morgan fingerprint density at radius 3 is 2.28 bits per heavy atom. The molecule has 0 amide bonds. The molecule has 1 heterocycles. The van der Waals surface area contributed by atoms with E-state index in [1.54, 1.807) is 43.5 Å². The lowest BCUT2D eigenvalue weighted by atomic mass is 10.2. The molecule has 0 saturated carbocycles. The quantitative estimate of drug-likeness (QED) is 0.706. The van der Waals surface area contributed by atoms with Crippen LogP contribution in [0.25, 0.3) is 11.4 Å². The van der Waals surface area contributed by atoms with Gasteiger partial charge in [-0.1, -0.05) is 30.3 Å². The third-order valence-corrected chi connectivity index (χ3v) is 4.81. The molecule has 1 aromatic heterocycles. The van der Waals surface area contributed by atoms with Crippen LogP contribution in [0.15, 0.2) is 66.9 Å². The maximum absolute atomic E-state index is 11.6. The van der Waals surface area contributed by atoms with Gasteiger partial charge < -0.3 is 5.32 Å². The Kier molecular flexibility index (Phi) is 4.95. The molecule has 128 valence electrons. The fourth-order valence-electron chi connectivity index (χ4n) is 2.18. The summed E-state index contributed by atoms with van der Waals surface area (Å²) < 4.78 is 25.7. The summed E-state index contributed by atoms with van der Waals surface area (Å²) in [6.45, 7) is 1.59. The molecule has 2 N–H and O–H groups in total. The highest BCUT2D eigenvalue weighted by atomic mass is 32.2. The molecule has 3 rings (SSSR count). The van der Waals surface area contributed by atoms with Crippen LogP contribution in [0.1, 0.15) is 6.92 Å². The average Bonchev–Trinajstić information content (AvgIpc) is 2.64. The van der Waals surface area contributed by atoms with Crippen LogP contribution in [0, 0.1) is 0 Å². The van der Waals surface area contributed by atoms with Gasteiger partial charge in [0.1, 0.15) is 5.82 Å². The van der Waals surface area contributed by atoms with E-state index in [1.807, 2.05) is 30.3 Å². The minimum absolute atomic E-state index is 0.0379. The first-order chi connectivity index (χ1) is 12.1. The number of rotatable bonds is 6. The number of sulfonamides is 1. The minimum Gasteiger partial charge on any atom is -0.340 e. The zero-order valence-electron chi connectivity index (χ0n) is 13.7. The predicted molar refractivity (Wildman–Crippen MR) is 100 cm³/mol. The molecule has 25 heavy (non-hydrogen) atoms. The SMILES string of the molecule is CCS(=O)(=O)Nc1ccc(Nc2ccnc(-c3ccccc3)n2)cc1. The average molecular weight is 354 g/mol. The van der Waals surface area contributed by atoms with E-state index < -0.39 is 10.0 Å². The fourth-order valence-corrected chi connectivity index (χ4v) is 2.82. The summed E-state index contributed by atoms with van der Waals surface area (Å²) in [5, 5.41) is 3.19. The molecule has 0 aliphatic carbocycles. The standard InChI is InChI=1S/C18H18N4O2S/c1-2-25(23,24)22-16-10-8-15(9-11-16)20-17-12-13-19-18(21-17)14-6-4-3-5-7-14/h3-13,22H,2H2,1H3,(H,19,20,21). The smallest absolute Gasteiger partial charge is 0.232 e. The van der Waals surface area contributed by atoms with E-state index in [-0.39, 0.29) is 5.75 Å². The molecule has 0 fully saturated rings. The summed E-state index contributed by atoms with van der Waals surface area (Å²) in [6, 6.07) is 18.5. The molecule has 3 aromatic rings. The Balaban J connectivity index is 1.75. The summed E-state index contributed by atoms with van der Waals surface area (Å²) in [5.41, 5.74) is 2.27. The van der Waals surface area contributed by atoms with Crippen molar-refractivity contribution in [3.8, 4) is 11.4 Å². The fraction of sp³-hybridized carbons (Fsp3) is 0.111. The summed E-state index contributed by atoms with van der Waals surface area (Å²) >= 11 is 0. The van der Waals surface area contributed by atoms with Crippen LogP contribution >= 0.6 is 0 Å². The van der Waals surface area contributed by atoms with E-state index in [9.17, 15) is 8.42 Å². The lowest BCUT2D eigenvalue weighted by Gasteiger charge is -2.09. The van der Waals surface area contributed by atoms with Gasteiger partial charge in [0.05, 0.1) is 5.75 Å². The highest BCUT2D eigenvalue weighted by Crippen LogP contribution is 2.20. The van der Waals surface area contributed by atoms with E-state index in [0.717, 1.165) is 11.3 Å². The molecular weight excluding hydrogens is 336 g/mol. The van der Waals surface area contributed by atoms with Gasteiger partial charge in [-0.15, -0.1) is 0 Å². The molecule has 6 nitrogen and oxygen atoms in total. The number of benzene rings is 2. The van der Waals surface area contributed by atoms with Crippen molar-refractivity contribution in [1.29, 1.82) is 0 Å². The van der Waals surface area contributed by atoms with Gasteiger partial charge in [0, 0.05) is 23.1 Å². The molecule has 0 unspecified atom stereocenters. The molecule has 0 aliphatic rings. The van der Waals surface area contributed by atoms with Gasteiger partial charge in [-0.2, -0.15) is 0 Å². The minimum atomic E-state index is -3.27. The molecule has 0 radical (unpaired) electrons. The van der Waals surface area contributed by atoms with Crippen molar-refractivity contribution in [1.82, 2.24) is 9.97 Å². The van der Waals surface area contributed by atoms with Crippen LogP contribution in [0.2, 0.25) is 0 Å². The van der Waals surface area contributed by atoms with Crippen molar-refractivity contribution in [2.45, 2.75) is 6.92 Å². The Labute approximate surface area is 147 Å². The van der Waals surface area contributed by atoms with E-state index in [1.165, 1.54) is 0 Å². The van der Waals surface area contributed by atoms with Crippen molar-refractivity contribution >= 4 is 27.2 Å². The highest BCUT2D eigenvalue weighted by molar-refractivity contribution is 7.92. The predicted octanol–water partition coefficient (Wildman–Crippen LogP) is 3.65. The van der Waals surface area contributed by atoms with E-state index >= 15 is 0 Å². The third-order valence-electron chi connectivity index (χ3n) is 3.50. The number of nitrogens with one attached hydrogen (secondary N) is 2. The maximum atomic E-state index is 11.6. The van der Waals surface area contributed by atoms with Gasteiger partial charge in [0.2, 0.25) is 10.0 Å². The lowest BCUT2D eigenvalue weighted by molar-refractivity contribution is 0.602. The van der Waals surface area contributed by atoms with Crippen molar-refractivity contribution in [2.24, 2.45) is 0 Å². The topological polar surface area (TPSA) is 84.0 Å². The Hall–Kier alpha value is -2.93. The Morgan fingerprint density at radius 1 is 0.920 bits per heavy atom. The second-order valence-corrected chi connectivity index (χ2v) is 7.35. The molecule has 7 heteroatoms. The molecule has 0 bridgehead atoms. The van der Waals surface area contributed by atoms with Crippen molar-refractivity contribution in [3.63, 3.8) is 0 Å². The second-order valence-electron chi connectivity index (χ2n) is 5.34. The normalized spacial score (nSPS) is 11.1. The van der Waals surface area contributed by atoms with Gasteiger partial charge in [0.25, 0.3) is 0 Å². The molecule has 0 saturated heterocycles. The van der Waals surface area contributed by atoms with Crippen molar-refractivity contribution < 1.29 is 8.42 Å².